The predicted octanol–water partition coefficient (Wildman–Crippen LogP) is -0.214. The molecule has 1 saturated heterocycles. The highest BCUT2D eigenvalue weighted by molar-refractivity contribution is 5.84. The number of carbonyl (C=O) groups excluding carboxylic acids is 1. The van der Waals surface area contributed by atoms with E-state index in [2.05, 4.69) is 10.3 Å². The number of nitrogens with zero attached hydrogens (tertiary/aromatic N) is 4. The second-order valence-corrected chi connectivity index (χ2v) is 4.29. The molecular formula is C11H16N4O4. The Morgan fingerprint density at radius 1 is 1.53 bits per heavy atom. The molecular weight excluding hydrogens is 252 g/mol. The van der Waals surface area contributed by atoms with Crippen molar-refractivity contribution in [3.63, 3.8) is 0 Å². The van der Waals surface area contributed by atoms with Crippen molar-refractivity contribution in [1.29, 1.82) is 0 Å². The summed E-state index contributed by atoms with van der Waals surface area (Å²) in [5, 5.41) is 16.0. The van der Waals surface area contributed by atoms with Gasteiger partial charge >= 0.3 is 5.97 Å². The number of rotatable bonds is 6. The summed E-state index contributed by atoms with van der Waals surface area (Å²) in [5.41, 5.74) is -0.0823. The van der Waals surface area contributed by atoms with E-state index < -0.39 is 5.97 Å². The third-order valence-corrected chi connectivity index (χ3v) is 2.98. The zero-order valence-electron chi connectivity index (χ0n) is 10.7. The number of ether oxygens (including phenoxy) is 1. The molecule has 104 valence electrons. The van der Waals surface area contributed by atoms with Crippen molar-refractivity contribution in [1.82, 2.24) is 19.9 Å². The first-order valence-electron chi connectivity index (χ1n) is 6.12. The first kappa shape index (κ1) is 13.5. The lowest BCUT2D eigenvalue weighted by atomic mass is 10.1. The van der Waals surface area contributed by atoms with Crippen LogP contribution in [0.25, 0.3) is 0 Å². The maximum Gasteiger partial charge on any atom is 0.358 e. The zero-order chi connectivity index (χ0) is 13.8. The van der Waals surface area contributed by atoms with E-state index in [0.717, 1.165) is 0 Å². The number of aromatic carboxylic acids is 1. The molecule has 1 aromatic heterocycles. The average molecular weight is 268 g/mol. The van der Waals surface area contributed by atoms with Crippen LogP contribution in [0.4, 0.5) is 0 Å². The molecule has 19 heavy (non-hydrogen) atoms. The van der Waals surface area contributed by atoms with E-state index in [1.165, 1.54) is 10.9 Å². The van der Waals surface area contributed by atoms with E-state index in [1.54, 1.807) is 4.90 Å². The number of amides is 1. The summed E-state index contributed by atoms with van der Waals surface area (Å²) in [6, 6.07) is 0.0108. The number of hydrogen-bond donors (Lipinski definition) is 1. The number of aromatic nitrogens is 3. The molecule has 0 aromatic carbocycles. The van der Waals surface area contributed by atoms with Crippen LogP contribution in [0.15, 0.2) is 6.20 Å². The summed E-state index contributed by atoms with van der Waals surface area (Å²) in [7, 11) is 0. The first-order valence-corrected chi connectivity index (χ1v) is 6.12. The fraction of sp³-hybridized carbons (Fsp3) is 0.636. The third-order valence-electron chi connectivity index (χ3n) is 2.98. The molecule has 1 aliphatic rings. The van der Waals surface area contributed by atoms with Gasteiger partial charge in [-0.25, -0.2) is 9.48 Å². The van der Waals surface area contributed by atoms with Gasteiger partial charge in [0.15, 0.2) is 5.69 Å². The van der Waals surface area contributed by atoms with Crippen molar-refractivity contribution in [2.75, 3.05) is 26.3 Å². The molecule has 0 unspecified atom stereocenters. The molecule has 1 aliphatic heterocycles. The Morgan fingerprint density at radius 3 is 2.84 bits per heavy atom. The summed E-state index contributed by atoms with van der Waals surface area (Å²) >= 11 is 0. The van der Waals surface area contributed by atoms with E-state index in [0.29, 0.717) is 32.7 Å². The lowest BCUT2D eigenvalue weighted by Gasteiger charge is -2.38. The molecule has 0 radical (unpaired) electrons. The van der Waals surface area contributed by atoms with Gasteiger partial charge in [0.25, 0.3) is 0 Å². The largest absolute Gasteiger partial charge is 0.476 e. The van der Waals surface area contributed by atoms with Gasteiger partial charge in [-0.2, -0.15) is 0 Å². The second kappa shape index (κ2) is 5.79. The Balaban J connectivity index is 1.78. The van der Waals surface area contributed by atoms with Crippen molar-refractivity contribution in [2.45, 2.75) is 19.4 Å². The Hall–Kier alpha value is -1.96. The number of carboxylic acid groups (broad SMARTS) is 1. The van der Waals surface area contributed by atoms with E-state index in [-0.39, 0.29) is 17.6 Å². The van der Waals surface area contributed by atoms with Gasteiger partial charge in [-0.05, 0) is 6.92 Å². The van der Waals surface area contributed by atoms with E-state index in [4.69, 9.17) is 9.84 Å². The zero-order valence-corrected chi connectivity index (χ0v) is 10.7. The lowest BCUT2D eigenvalue weighted by molar-refractivity contribution is -0.138. The molecule has 8 nitrogen and oxygen atoms in total. The van der Waals surface area contributed by atoms with Crippen LogP contribution in [0, 0.1) is 0 Å². The SMILES string of the molecule is CCOCCC(=O)N1CC(n2cc(C(=O)O)nn2)C1. The third kappa shape index (κ3) is 3.08. The normalized spacial score (nSPS) is 15.3. The Labute approximate surface area is 109 Å². The fourth-order valence-corrected chi connectivity index (χ4v) is 1.84. The molecule has 0 bridgehead atoms. The monoisotopic (exact) mass is 268 g/mol. The highest BCUT2D eigenvalue weighted by Crippen LogP contribution is 2.21. The maximum atomic E-state index is 11.7. The number of carboxylic acids is 1. The lowest BCUT2D eigenvalue weighted by Crippen LogP contribution is -2.51. The minimum absolute atomic E-state index is 0.0108. The quantitative estimate of drug-likeness (QED) is 0.717. The van der Waals surface area contributed by atoms with E-state index in [9.17, 15) is 9.59 Å². The molecule has 1 amide bonds. The standard InChI is InChI=1S/C11H16N4O4/c1-2-19-4-3-10(16)14-5-8(6-14)15-7-9(11(17)18)12-13-15/h7-8H,2-6H2,1H3,(H,17,18). The Kier molecular flexibility index (Phi) is 4.10. The summed E-state index contributed by atoms with van der Waals surface area (Å²) in [6.07, 6.45) is 1.76. The summed E-state index contributed by atoms with van der Waals surface area (Å²) in [4.78, 5) is 24.1. The molecule has 8 heteroatoms. The van der Waals surface area contributed by atoms with Gasteiger partial charge in [0.2, 0.25) is 5.91 Å². The minimum Gasteiger partial charge on any atom is -0.476 e. The van der Waals surface area contributed by atoms with Crippen LogP contribution in [-0.2, 0) is 9.53 Å². The van der Waals surface area contributed by atoms with Crippen LogP contribution < -0.4 is 0 Å². The molecule has 1 N–H and O–H groups in total. The molecule has 0 saturated carbocycles. The number of carbonyl (C=O) groups is 2. The second-order valence-electron chi connectivity index (χ2n) is 4.29. The van der Waals surface area contributed by atoms with Crippen molar-refractivity contribution in [3.05, 3.63) is 11.9 Å². The van der Waals surface area contributed by atoms with Crippen molar-refractivity contribution >= 4 is 11.9 Å². The van der Waals surface area contributed by atoms with Gasteiger partial charge in [-0.3, -0.25) is 4.79 Å². The van der Waals surface area contributed by atoms with Crippen LogP contribution in [0.2, 0.25) is 0 Å². The van der Waals surface area contributed by atoms with Gasteiger partial charge in [0.05, 0.1) is 25.3 Å². The Bertz CT molecular complexity index is 467. The number of likely N-dealkylation sites (tertiary alicyclic amines) is 1. The van der Waals surface area contributed by atoms with Crippen LogP contribution in [0.1, 0.15) is 29.9 Å². The van der Waals surface area contributed by atoms with Gasteiger partial charge in [-0.1, -0.05) is 5.21 Å². The molecule has 1 fully saturated rings. The van der Waals surface area contributed by atoms with Gasteiger partial charge in [0.1, 0.15) is 0 Å². The van der Waals surface area contributed by atoms with Crippen LogP contribution in [0.5, 0.6) is 0 Å². The smallest absolute Gasteiger partial charge is 0.358 e. The number of hydrogen-bond acceptors (Lipinski definition) is 5. The molecule has 0 atom stereocenters. The fourth-order valence-electron chi connectivity index (χ4n) is 1.84. The summed E-state index contributed by atoms with van der Waals surface area (Å²) < 4.78 is 6.62. The minimum atomic E-state index is -1.10. The van der Waals surface area contributed by atoms with Gasteiger partial charge < -0.3 is 14.7 Å². The molecule has 0 aliphatic carbocycles. The van der Waals surface area contributed by atoms with E-state index >= 15 is 0 Å². The first-order chi connectivity index (χ1) is 9.11. The molecule has 1 aromatic rings. The topological polar surface area (TPSA) is 97.5 Å². The van der Waals surface area contributed by atoms with E-state index in [1.807, 2.05) is 6.92 Å². The maximum absolute atomic E-state index is 11.7. The van der Waals surface area contributed by atoms with Crippen molar-refractivity contribution in [3.8, 4) is 0 Å². The van der Waals surface area contributed by atoms with Gasteiger partial charge in [0, 0.05) is 19.7 Å². The van der Waals surface area contributed by atoms with Crippen molar-refractivity contribution in [2.24, 2.45) is 0 Å². The highest BCUT2D eigenvalue weighted by atomic mass is 16.5. The molecule has 0 spiro atoms. The van der Waals surface area contributed by atoms with Gasteiger partial charge in [-0.15, -0.1) is 5.10 Å². The average Bonchev–Trinajstić information content (AvgIpc) is 2.77. The summed E-state index contributed by atoms with van der Waals surface area (Å²) in [6.45, 7) is 3.99. The van der Waals surface area contributed by atoms with Crippen LogP contribution in [-0.4, -0.2) is 63.2 Å². The molecule has 2 heterocycles. The Morgan fingerprint density at radius 2 is 2.26 bits per heavy atom. The highest BCUT2D eigenvalue weighted by Gasteiger charge is 2.32. The van der Waals surface area contributed by atoms with Crippen molar-refractivity contribution < 1.29 is 19.4 Å². The van der Waals surface area contributed by atoms with Crippen LogP contribution in [0.3, 0.4) is 0 Å². The molecule has 2 rings (SSSR count). The summed E-state index contributed by atoms with van der Waals surface area (Å²) in [5.74, 6) is -1.06. The predicted molar refractivity (Wildman–Crippen MR) is 63.7 cm³/mol. The van der Waals surface area contributed by atoms with Crippen LogP contribution >= 0.6 is 0 Å².